The molecule has 0 amide bonds. The summed E-state index contributed by atoms with van der Waals surface area (Å²) in [5, 5.41) is 4.25. The Labute approximate surface area is 84.6 Å². The van der Waals surface area contributed by atoms with Crippen molar-refractivity contribution in [1.82, 2.24) is 0 Å². The number of halogens is 2. The van der Waals surface area contributed by atoms with Gasteiger partial charge in [0.05, 0.1) is 0 Å². The quantitative estimate of drug-likeness (QED) is 0.745. The molecule has 5 heteroatoms. The molecule has 2 nitrogen and oxygen atoms in total. The first-order valence-electron chi connectivity index (χ1n) is 3.50. The number of piperidine rings is 1. The molecule has 1 heterocycles. The van der Waals surface area contributed by atoms with Gasteiger partial charge in [-0.2, -0.15) is 0 Å². The molecule has 1 saturated heterocycles. The van der Waals surface area contributed by atoms with Crippen LogP contribution in [0.4, 0.5) is 0 Å². The third-order valence-corrected chi connectivity index (χ3v) is 1.65. The Morgan fingerprint density at radius 3 is 2.45 bits per heavy atom. The summed E-state index contributed by atoms with van der Waals surface area (Å²) >= 11 is -0.472. The summed E-state index contributed by atoms with van der Waals surface area (Å²) in [6.45, 7) is 2.90. The Morgan fingerprint density at radius 2 is 2.18 bits per heavy atom. The third kappa shape index (κ3) is 7.55. The number of nitrogens with two attached hydrogens (primary N) is 1. The fraction of sp³-hybridized carbons (Fsp3) is 1.00. The van der Waals surface area contributed by atoms with Crippen molar-refractivity contribution >= 4 is 18.8 Å². The van der Waals surface area contributed by atoms with Gasteiger partial charge in [0.25, 0.3) is 0 Å². The molecule has 11 heavy (non-hydrogen) atoms. The third-order valence-electron chi connectivity index (χ3n) is 1.65. The van der Waals surface area contributed by atoms with E-state index in [4.69, 9.17) is 24.6 Å². The van der Waals surface area contributed by atoms with Gasteiger partial charge in [-0.1, -0.05) is 12.8 Å². The van der Waals surface area contributed by atoms with E-state index in [1.54, 1.807) is 0 Å². The first-order chi connectivity index (χ1) is 5.35. The predicted molar refractivity (Wildman–Crippen MR) is 46.6 cm³/mol. The minimum atomic E-state index is -0.472. The van der Waals surface area contributed by atoms with E-state index in [-0.39, 0.29) is 0 Å². The van der Waals surface area contributed by atoms with Crippen molar-refractivity contribution in [2.45, 2.75) is 12.8 Å². The van der Waals surface area contributed by atoms with Crippen LogP contribution in [0.2, 0.25) is 0 Å². The summed E-state index contributed by atoms with van der Waals surface area (Å²) in [6.07, 6.45) is 2.54. The zero-order valence-corrected chi connectivity index (χ0v) is 9.99. The molecule has 0 aliphatic carbocycles. The monoisotopic (exact) mass is 378 g/mol. The van der Waals surface area contributed by atoms with E-state index in [1.165, 1.54) is 12.8 Å². The summed E-state index contributed by atoms with van der Waals surface area (Å²) < 4.78 is 0. The van der Waals surface area contributed by atoms with Gasteiger partial charge in [-0.25, -0.2) is 0 Å². The molecule has 1 rings (SSSR count). The standard InChI is InChI=1S/C6H13N2.2ClH.Pt/c7-4-6-2-1-3-8-5-6;;;/h6H,1-5,7H2;2*1H;/q-1;;;+2/p-2. The van der Waals surface area contributed by atoms with Crippen LogP contribution in [0.5, 0.6) is 0 Å². The Balaban J connectivity index is 0.000000292. The summed E-state index contributed by atoms with van der Waals surface area (Å²) in [5.41, 5.74) is 5.44. The second kappa shape index (κ2) is 9.28. The minimum absolute atomic E-state index is 0.472. The van der Waals surface area contributed by atoms with E-state index in [2.05, 4.69) is 5.32 Å². The first kappa shape index (κ1) is 12.2. The molecule has 0 bridgehead atoms. The molecule has 1 atom stereocenters. The second-order valence-electron chi connectivity index (χ2n) is 2.42. The molecular weight excluding hydrogens is 366 g/mol. The molecule has 72 valence electrons. The Morgan fingerprint density at radius 1 is 1.55 bits per heavy atom. The summed E-state index contributed by atoms with van der Waals surface area (Å²) in [5.74, 6) is 0.698. The van der Waals surface area contributed by atoms with E-state index in [0.717, 1.165) is 19.6 Å². The molecule has 1 aliphatic heterocycles. The van der Waals surface area contributed by atoms with Gasteiger partial charge in [-0.15, -0.1) is 13.1 Å². The van der Waals surface area contributed by atoms with Crippen molar-refractivity contribution in [2.24, 2.45) is 11.7 Å². The van der Waals surface area contributed by atoms with Crippen LogP contribution in [0.1, 0.15) is 12.8 Å². The molecule has 1 unspecified atom stereocenters. The van der Waals surface area contributed by atoms with Gasteiger partial charge >= 0.3 is 35.3 Å². The number of hydrogen-bond donors (Lipinski definition) is 1. The Bertz CT molecular complexity index is 79.0. The van der Waals surface area contributed by atoms with Crippen molar-refractivity contribution in [3.05, 3.63) is 5.32 Å². The van der Waals surface area contributed by atoms with E-state index in [9.17, 15) is 0 Å². The normalized spacial score (nSPS) is 24.1. The number of hydrogen-bond acceptors (Lipinski definition) is 1. The van der Waals surface area contributed by atoms with Gasteiger partial charge in [0, 0.05) is 0 Å². The second-order valence-corrected chi connectivity index (χ2v) is 5.70. The van der Waals surface area contributed by atoms with Gasteiger partial charge in [0.1, 0.15) is 0 Å². The molecule has 1 aliphatic rings. The average molecular weight is 379 g/mol. The zero-order chi connectivity index (χ0) is 8.53. The molecule has 0 radical (unpaired) electrons. The van der Waals surface area contributed by atoms with Gasteiger partial charge in [0.2, 0.25) is 0 Å². The van der Waals surface area contributed by atoms with Crippen molar-refractivity contribution in [1.29, 1.82) is 0 Å². The summed E-state index contributed by atoms with van der Waals surface area (Å²) in [6, 6.07) is 0. The van der Waals surface area contributed by atoms with Gasteiger partial charge in [0.15, 0.2) is 0 Å². The van der Waals surface area contributed by atoms with Crippen LogP contribution in [0.3, 0.4) is 0 Å². The SMILES string of the molecule is NCC1CCC[N-]C1.[Cl][Pt][Cl]. The van der Waals surface area contributed by atoms with Gasteiger partial charge < -0.3 is 11.1 Å². The van der Waals surface area contributed by atoms with Crippen LogP contribution in [0.15, 0.2) is 0 Å². The fourth-order valence-electron chi connectivity index (χ4n) is 1.05. The van der Waals surface area contributed by atoms with Crippen molar-refractivity contribution < 1.29 is 16.5 Å². The topological polar surface area (TPSA) is 40.1 Å². The van der Waals surface area contributed by atoms with Crippen molar-refractivity contribution in [3.63, 3.8) is 0 Å². The molecule has 2 N–H and O–H groups in total. The summed E-state index contributed by atoms with van der Waals surface area (Å²) in [7, 11) is 9.75. The molecule has 0 aromatic carbocycles. The van der Waals surface area contributed by atoms with Gasteiger partial charge in [-0.3, -0.25) is 0 Å². The molecule has 0 saturated carbocycles. The van der Waals surface area contributed by atoms with E-state index >= 15 is 0 Å². The van der Waals surface area contributed by atoms with Crippen LogP contribution >= 0.6 is 18.8 Å². The Hall–Kier alpha value is 1.19. The van der Waals surface area contributed by atoms with Crippen molar-refractivity contribution in [2.75, 3.05) is 19.6 Å². The van der Waals surface area contributed by atoms with Crippen LogP contribution in [0.25, 0.3) is 5.32 Å². The fourth-order valence-corrected chi connectivity index (χ4v) is 1.05. The average Bonchev–Trinajstić information content (AvgIpc) is 2.08. The van der Waals surface area contributed by atoms with Crippen LogP contribution in [-0.2, 0) is 16.5 Å². The van der Waals surface area contributed by atoms with Crippen LogP contribution < -0.4 is 5.73 Å². The summed E-state index contributed by atoms with van der Waals surface area (Å²) in [4.78, 5) is 0. The van der Waals surface area contributed by atoms with E-state index in [1.807, 2.05) is 0 Å². The maximum absolute atomic E-state index is 5.44. The molecule has 1 fully saturated rings. The van der Waals surface area contributed by atoms with Crippen LogP contribution in [-0.4, -0.2) is 19.6 Å². The molecule has 0 spiro atoms. The number of rotatable bonds is 1. The van der Waals surface area contributed by atoms with Gasteiger partial charge in [-0.05, 0) is 12.5 Å². The Kier molecular flexibility index (Phi) is 10.3. The maximum atomic E-state index is 5.44. The van der Waals surface area contributed by atoms with Crippen LogP contribution in [0, 0.1) is 5.92 Å². The molecule has 0 aromatic rings. The predicted octanol–water partition coefficient (Wildman–Crippen LogP) is 2.11. The van der Waals surface area contributed by atoms with Crippen molar-refractivity contribution in [3.8, 4) is 0 Å². The molecule has 0 aromatic heterocycles. The number of nitrogens with zero attached hydrogens (tertiary/aromatic N) is 1. The molecular formula is C6H13Cl2N2Pt-. The van der Waals surface area contributed by atoms with E-state index in [0.29, 0.717) is 5.92 Å². The first-order valence-corrected chi connectivity index (χ1v) is 9.14. The zero-order valence-electron chi connectivity index (χ0n) is 6.21. The van der Waals surface area contributed by atoms with E-state index < -0.39 is 16.5 Å².